The van der Waals surface area contributed by atoms with Gasteiger partial charge in [0.05, 0.1) is 18.1 Å². The monoisotopic (exact) mass is 227 g/mol. The molecule has 0 N–H and O–H groups in total. The number of esters is 1. The number of fused-ring (bicyclic) bond motifs is 1. The lowest BCUT2D eigenvalue weighted by Gasteiger charge is -2.02. The second-order valence-corrected chi connectivity index (χ2v) is 3.32. The van der Waals surface area contributed by atoms with Gasteiger partial charge in [-0.15, -0.1) is 0 Å². The van der Waals surface area contributed by atoms with E-state index in [0.717, 1.165) is 5.39 Å². The summed E-state index contributed by atoms with van der Waals surface area (Å²) in [5.74, 6) is -0.474. The Bertz CT molecular complexity index is 590. The van der Waals surface area contributed by atoms with Crippen molar-refractivity contribution in [2.45, 2.75) is 6.42 Å². The summed E-state index contributed by atoms with van der Waals surface area (Å²) in [4.78, 5) is 19.7. The molecule has 0 unspecified atom stereocenters. The standard InChI is InChI=1S/C12H9N3O2/c13-4-2-6-17-12(16)10-7-9-3-1-5-14-11(9)15-8-10/h1,3,5,7-8H,2,6H2. The van der Waals surface area contributed by atoms with Gasteiger partial charge >= 0.3 is 5.97 Å². The van der Waals surface area contributed by atoms with Crippen molar-refractivity contribution < 1.29 is 9.53 Å². The molecule has 84 valence electrons. The first-order chi connectivity index (χ1) is 8.31. The van der Waals surface area contributed by atoms with Crippen molar-refractivity contribution in [3.8, 4) is 6.07 Å². The van der Waals surface area contributed by atoms with Crippen LogP contribution in [0.25, 0.3) is 11.0 Å². The molecule has 2 aromatic heterocycles. The first-order valence-corrected chi connectivity index (χ1v) is 5.06. The maximum Gasteiger partial charge on any atom is 0.339 e. The molecule has 2 heterocycles. The Morgan fingerprint density at radius 2 is 2.35 bits per heavy atom. The zero-order valence-corrected chi connectivity index (χ0v) is 8.96. The fourth-order valence-corrected chi connectivity index (χ4v) is 1.35. The molecule has 0 atom stereocenters. The average molecular weight is 227 g/mol. The minimum atomic E-state index is -0.474. The lowest BCUT2D eigenvalue weighted by atomic mass is 10.2. The van der Waals surface area contributed by atoms with Crippen LogP contribution in [0, 0.1) is 11.3 Å². The number of nitriles is 1. The SMILES string of the molecule is N#CCCOC(=O)c1cnc2ncccc2c1. The Balaban J connectivity index is 2.19. The van der Waals surface area contributed by atoms with Crippen LogP contribution >= 0.6 is 0 Å². The fraction of sp³-hybridized carbons (Fsp3) is 0.167. The fourth-order valence-electron chi connectivity index (χ4n) is 1.35. The van der Waals surface area contributed by atoms with E-state index in [2.05, 4.69) is 9.97 Å². The Labute approximate surface area is 97.7 Å². The van der Waals surface area contributed by atoms with Crippen molar-refractivity contribution in [1.82, 2.24) is 9.97 Å². The van der Waals surface area contributed by atoms with Gasteiger partial charge in [0.1, 0.15) is 6.61 Å². The molecule has 0 amide bonds. The number of aromatic nitrogens is 2. The first kappa shape index (κ1) is 11.0. The van der Waals surface area contributed by atoms with Crippen LogP contribution in [0.2, 0.25) is 0 Å². The third-order valence-electron chi connectivity index (χ3n) is 2.14. The molecule has 0 fully saturated rings. The molecular formula is C12H9N3O2. The molecule has 0 saturated heterocycles. The molecule has 0 saturated carbocycles. The van der Waals surface area contributed by atoms with E-state index in [4.69, 9.17) is 10.00 Å². The molecule has 17 heavy (non-hydrogen) atoms. The van der Waals surface area contributed by atoms with Crippen molar-refractivity contribution in [2.75, 3.05) is 6.61 Å². The van der Waals surface area contributed by atoms with Gasteiger partial charge in [-0.05, 0) is 18.2 Å². The van der Waals surface area contributed by atoms with Crippen LogP contribution in [0.5, 0.6) is 0 Å². The summed E-state index contributed by atoms with van der Waals surface area (Å²) in [5, 5.41) is 9.11. The summed E-state index contributed by atoms with van der Waals surface area (Å²) in [7, 11) is 0. The molecule has 0 aliphatic heterocycles. The molecule has 0 aromatic carbocycles. The van der Waals surface area contributed by atoms with Gasteiger partial charge < -0.3 is 4.74 Å². The quantitative estimate of drug-likeness (QED) is 0.589. The second-order valence-electron chi connectivity index (χ2n) is 3.32. The minimum Gasteiger partial charge on any atom is -0.461 e. The van der Waals surface area contributed by atoms with E-state index in [1.807, 2.05) is 12.1 Å². The summed E-state index contributed by atoms with van der Waals surface area (Å²) < 4.78 is 4.90. The molecule has 0 bridgehead atoms. The van der Waals surface area contributed by atoms with Crippen molar-refractivity contribution in [3.05, 3.63) is 36.2 Å². The highest BCUT2D eigenvalue weighted by molar-refractivity contribution is 5.92. The van der Waals surface area contributed by atoms with Crippen LogP contribution in [-0.4, -0.2) is 22.5 Å². The predicted molar refractivity (Wildman–Crippen MR) is 60.1 cm³/mol. The lowest BCUT2D eigenvalue weighted by molar-refractivity contribution is 0.0513. The van der Waals surface area contributed by atoms with Gasteiger partial charge in [-0.25, -0.2) is 14.8 Å². The molecule has 0 radical (unpaired) electrons. The summed E-state index contributed by atoms with van der Waals surface area (Å²) in [6.07, 6.45) is 3.25. The summed E-state index contributed by atoms with van der Waals surface area (Å²) in [6.45, 7) is 0.0976. The number of carbonyl (C=O) groups is 1. The third kappa shape index (κ3) is 2.55. The van der Waals surface area contributed by atoms with Crippen molar-refractivity contribution >= 4 is 17.0 Å². The zero-order valence-electron chi connectivity index (χ0n) is 8.96. The van der Waals surface area contributed by atoms with E-state index in [1.165, 1.54) is 6.20 Å². The largest absolute Gasteiger partial charge is 0.461 e. The molecule has 2 rings (SSSR count). The van der Waals surface area contributed by atoms with E-state index >= 15 is 0 Å². The minimum absolute atomic E-state index is 0.0976. The van der Waals surface area contributed by atoms with Crippen LogP contribution in [0.15, 0.2) is 30.6 Å². The number of ether oxygens (including phenoxy) is 1. The molecule has 0 aliphatic carbocycles. The zero-order chi connectivity index (χ0) is 12.1. The highest BCUT2D eigenvalue weighted by Gasteiger charge is 2.08. The number of nitrogens with zero attached hydrogens (tertiary/aromatic N) is 3. The van der Waals surface area contributed by atoms with Gasteiger partial charge in [0.25, 0.3) is 0 Å². The van der Waals surface area contributed by atoms with Gasteiger partial charge in [0.2, 0.25) is 0 Å². The highest BCUT2D eigenvalue weighted by Crippen LogP contribution is 2.11. The Kier molecular flexibility index (Phi) is 3.26. The van der Waals surface area contributed by atoms with Gasteiger partial charge in [0, 0.05) is 17.8 Å². The smallest absolute Gasteiger partial charge is 0.339 e. The van der Waals surface area contributed by atoms with Crippen LogP contribution in [0.4, 0.5) is 0 Å². The normalized spacial score (nSPS) is 9.82. The topological polar surface area (TPSA) is 75.9 Å². The van der Waals surface area contributed by atoms with Crippen molar-refractivity contribution in [3.63, 3.8) is 0 Å². The van der Waals surface area contributed by atoms with Crippen molar-refractivity contribution in [1.29, 1.82) is 5.26 Å². The Morgan fingerprint density at radius 3 is 3.18 bits per heavy atom. The molecule has 0 aliphatic rings. The Hall–Kier alpha value is -2.48. The number of hydrogen-bond acceptors (Lipinski definition) is 5. The van der Waals surface area contributed by atoms with E-state index in [9.17, 15) is 4.79 Å². The lowest BCUT2D eigenvalue weighted by Crippen LogP contribution is -2.06. The second kappa shape index (κ2) is 5.03. The number of carbonyl (C=O) groups excluding carboxylic acids is 1. The number of rotatable bonds is 3. The van der Waals surface area contributed by atoms with E-state index in [1.54, 1.807) is 18.3 Å². The molecule has 5 heteroatoms. The summed E-state index contributed by atoms with van der Waals surface area (Å²) in [6, 6.07) is 7.17. The molecule has 0 spiro atoms. The maximum absolute atomic E-state index is 11.6. The van der Waals surface area contributed by atoms with E-state index in [0.29, 0.717) is 11.2 Å². The van der Waals surface area contributed by atoms with Gasteiger partial charge in [0.15, 0.2) is 5.65 Å². The highest BCUT2D eigenvalue weighted by atomic mass is 16.5. The summed E-state index contributed by atoms with van der Waals surface area (Å²) in [5.41, 5.74) is 0.949. The molecular weight excluding hydrogens is 218 g/mol. The van der Waals surface area contributed by atoms with Gasteiger partial charge in [-0.1, -0.05) is 0 Å². The Morgan fingerprint density at radius 1 is 1.47 bits per heavy atom. The third-order valence-corrected chi connectivity index (χ3v) is 2.14. The maximum atomic E-state index is 11.6. The van der Waals surface area contributed by atoms with Gasteiger partial charge in [-0.3, -0.25) is 0 Å². The van der Waals surface area contributed by atoms with E-state index in [-0.39, 0.29) is 13.0 Å². The molecule has 5 nitrogen and oxygen atoms in total. The first-order valence-electron chi connectivity index (χ1n) is 5.06. The summed E-state index contributed by atoms with van der Waals surface area (Å²) >= 11 is 0. The number of pyridine rings is 2. The van der Waals surface area contributed by atoms with Crippen molar-refractivity contribution in [2.24, 2.45) is 0 Å². The van der Waals surface area contributed by atoms with Crippen LogP contribution in [0.3, 0.4) is 0 Å². The average Bonchev–Trinajstić information content (AvgIpc) is 2.38. The van der Waals surface area contributed by atoms with Crippen LogP contribution in [-0.2, 0) is 4.74 Å². The number of hydrogen-bond donors (Lipinski definition) is 0. The van der Waals surface area contributed by atoms with Crippen LogP contribution < -0.4 is 0 Å². The van der Waals surface area contributed by atoms with Crippen LogP contribution in [0.1, 0.15) is 16.8 Å². The predicted octanol–water partition coefficient (Wildman–Crippen LogP) is 1.70. The van der Waals surface area contributed by atoms with E-state index < -0.39 is 5.97 Å². The molecule has 2 aromatic rings. The van der Waals surface area contributed by atoms with Gasteiger partial charge in [-0.2, -0.15) is 5.26 Å².